The maximum absolute atomic E-state index is 14.5. The van der Waals surface area contributed by atoms with Gasteiger partial charge in [-0.25, -0.2) is 19.3 Å². The quantitative estimate of drug-likeness (QED) is 0.301. The Morgan fingerprint density at radius 2 is 1.91 bits per heavy atom. The van der Waals surface area contributed by atoms with E-state index in [0.29, 0.717) is 30.5 Å². The number of nitrogens with zero attached hydrogens (tertiary/aromatic N) is 5. The van der Waals surface area contributed by atoms with E-state index < -0.39 is 41.4 Å². The van der Waals surface area contributed by atoms with Crippen LogP contribution in [0.15, 0.2) is 42.6 Å². The number of hydrogen-bond donors (Lipinski definition) is 2. The molecule has 1 aliphatic carbocycles. The molecule has 1 aromatic carbocycles. The van der Waals surface area contributed by atoms with Crippen molar-refractivity contribution < 1.29 is 37.3 Å². The summed E-state index contributed by atoms with van der Waals surface area (Å²) in [7, 11) is 0. The molecule has 1 fully saturated rings. The van der Waals surface area contributed by atoms with Crippen LogP contribution in [0.25, 0.3) is 11.3 Å². The second-order valence-electron chi connectivity index (χ2n) is 12.7. The number of allylic oxidation sites excluding steroid dienone is 2. The highest BCUT2D eigenvalue weighted by atomic mass is 35.5. The van der Waals surface area contributed by atoms with Crippen LogP contribution in [-0.2, 0) is 9.53 Å². The van der Waals surface area contributed by atoms with Gasteiger partial charge < -0.3 is 20.3 Å². The molecule has 2 unspecified atom stereocenters. The zero-order valence-corrected chi connectivity index (χ0v) is 26.4. The number of nitrogen functional groups attached to an aromatic ring is 1. The van der Waals surface area contributed by atoms with Gasteiger partial charge in [0.15, 0.2) is 0 Å². The lowest BCUT2D eigenvalue weighted by Gasteiger charge is -2.32. The number of anilines is 1. The van der Waals surface area contributed by atoms with Crippen LogP contribution in [0.5, 0.6) is 5.88 Å². The number of ether oxygens (including phenoxy) is 2. The number of alkyl halides is 3. The van der Waals surface area contributed by atoms with E-state index in [1.165, 1.54) is 40.0 Å². The molecule has 3 N–H and O–H groups in total. The predicted octanol–water partition coefficient (Wildman–Crippen LogP) is 6.54. The number of hydrogen-bond acceptors (Lipinski definition) is 8. The number of aromatic nitrogens is 4. The molecule has 0 radical (unpaired) electrons. The van der Waals surface area contributed by atoms with Crippen LogP contribution in [0.1, 0.15) is 69.5 Å². The fourth-order valence-corrected chi connectivity index (χ4v) is 6.04. The number of halogens is 4. The largest absolute Gasteiger partial charge is 0.480 e. The Balaban J connectivity index is 1.41. The highest BCUT2D eigenvalue weighted by molar-refractivity contribution is 6.30. The Morgan fingerprint density at radius 1 is 1.17 bits per heavy atom. The first-order chi connectivity index (χ1) is 21.4. The van der Waals surface area contributed by atoms with Gasteiger partial charge in [-0.05, 0) is 82.6 Å². The fourth-order valence-electron chi connectivity index (χ4n) is 5.88. The third kappa shape index (κ3) is 7.22. The fraction of sp³-hybridized carbons (Fsp3) is 0.452. The number of carbonyl (C=O) groups is 2. The minimum Gasteiger partial charge on any atom is -0.480 e. The number of rotatable bonds is 6. The van der Waals surface area contributed by atoms with Crippen molar-refractivity contribution in [1.29, 1.82) is 0 Å². The normalized spacial score (nSPS) is 20.8. The van der Waals surface area contributed by atoms with E-state index in [2.05, 4.69) is 15.1 Å². The molecule has 3 aromatic rings. The minimum atomic E-state index is -4.86. The Kier molecular flexibility index (Phi) is 8.71. The molecule has 11 nitrogen and oxygen atoms in total. The average molecular weight is 663 g/mol. The van der Waals surface area contributed by atoms with E-state index in [1.807, 2.05) is 6.08 Å². The molecule has 1 spiro atoms. The van der Waals surface area contributed by atoms with Crippen molar-refractivity contribution in [3.8, 4) is 11.6 Å². The Bertz CT molecular complexity index is 1690. The summed E-state index contributed by atoms with van der Waals surface area (Å²) in [6.07, 6.45) is -3.06. The molecule has 3 atom stereocenters. The van der Waals surface area contributed by atoms with Crippen LogP contribution < -0.4 is 10.5 Å². The van der Waals surface area contributed by atoms with E-state index in [9.17, 15) is 27.9 Å². The van der Waals surface area contributed by atoms with Gasteiger partial charge in [0.25, 0.3) is 0 Å². The van der Waals surface area contributed by atoms with Crippen molar-refractivity contribution in [3.63, 3.8) is 0 Å². The Morgan fingerprint density at radius 3 is 2.50 bits per heavy atom. The topological polar surface area (TPSA) is 146 Å². The molecule has 46 heavy (non-hydrogen) atoms. The van der Waals surface area contributed by atoms with Crippen molar-refractivity contribution in [2.45, 2.75) is 77.3 Å². The summed E-state index contributed by atoms with van der Waals surface area (Å²) in [6, 6.07) is 5.85. The number of amides is 1. The molecule has 2 aromatic heterocycles. The average Bonchev–Trinajstić information content (AvgIpc) is 3.55. The van der Waals surface area contributed by atoms with Crippen LogP contribution in [0.3, 0.4) is 0 Å². The third-order valence-electron chi connectivity index (χ3n) is 7.96. The van der Waals surface area contributed by atoms with Gasteiger partial charge in [0.05, 0.1) is 17.1 Å². The summed E-state index contributed by atoms with van der Waals surface area (Å²) in [5.41, 5.74) is 6.05. The van der Waals surface area contributed by atoms with E-state index in [0.717, 1.165) is 0 Å². The molecule has 0 saturated carbocycles. The summed E-state index contributed by atoms with van der Waals surface area (Å²) in [6.45, 7) is 7.02. The van der Waals surface area contributed by atoms with Crippen LogP contribution in [-0.4, -0.2) is 66.2 Å². The van der Waals surface area contributed by atoms with E-state index >= 15 is 0 Å². The van der Waals surface area contributed by atoms with E-state index in [-0.39, 0.29) is 46.8 Å². The van der Waals surface area contributed by atoms with Crippen molar-refractivity contribution in [1.82, 2.24) is 24.6 Å². The van der Waals surface area contributed by atoms with Crippen molar-refractivity contribution in [2.75, 3.05) is 12.3 Å². The van der Waals surface area contributed by atoms with E-state index in [4.69, 9.17) is 26.8 Å². The minimum absolute atomic E-state index is 0.0853. The molecule has 3 heterocycles. The molecular formula is C31H34ClF3N6O5. The second kappa shape index (κ2) is 12.1. The molecule has 2 aliphatic rings. The monoisotopic (exact) mass is 662 g/mol. The zero-order chi connectivity index (χ0) is 33.6. The summed E-state index contributed by atoms with van der Waals surface area (Å²) in [5, 5.41) is 14.3. The standard InChI is InChI=1S/C31H34ClF3N6O5/c1-17-9-12-41(39-17)22-13-19(32)5-6-20(22)25(31(33,34)35)45-24-14-21(37-27(36)38-24)18-7-10-30(11-8-18)15-23(26(42)43)40(16-30)28(44)46-29(2,3)4/h5-7,9,12-14,23,25H,8,10-11,15-16H2,1-4H3,(H,42,43)(H2,36,37,38)/t23?,25-,30?/m1/s1. The maximum Gasteiger partial charge on any atom is 0.429 e. The number of likely N-dealkylation sites (tertiary alicyclic amines) is 1. The summed E-state index contributed by atoms with van der Waals surface area (Å²) < 4.78 is 55.9. The highest BCUT2D eigenvalue weighted by Gasteiger charge is 2.50. The number of nitrogens with two attached hydrogens (primary N) is 1. The SMILES string of the molecule is Cc1ccn(-c2cc(Cl)ccc2[C@@H](Oc2cc(C3=CCC4(CC3)CC(C(=O)O)N(C(=O)OC(C)(C)C)C4)nc(N)n2)C(F)(F)F)n1. The van der Waals surface area contributed by atoms with Crippen LogP contribution in [0.4, 0.5) is 23.9 Å². The first-order valence-electron chi connectivity index (χ1n) is 14.5. The highest BCUT2D eigenvalue weighted by Crippen LogP contribution is 2.48. The number of carboxylic acids is 1. The molecule has 1 aliphatic heterocycles. The van der Waals surface area contributed by atoms with Gasteiger partial charge in [-0.2, -0.15) is 23.3 Å². The van der Waals surface area contributed by atoms with Gasteiger partial charge in [0.2, 0.25) is 17.9 Å². The van der Waals surface area contributed by atoms with Gasteiger partial charge in [0.1, 0.15) is 11.6 Å². The van der Waals surface area contributed by atoms with Gasteiger partial charge >= 0.3 is 18.2 Å². The lowest BCUT2D eigenvalue weighted by atomic mass is 9.73. The van der Waals surface area contributed by atoms with Crippen molar-refractivity contribution in [3.05, 3.63) is 64.6 Å². The van der Waals surface area contributed by atoms with Gasteiger partial charge in [-0.3, -0.25) is 4.90 Å². The summed E-state index contributed by atoms with van der Waals surface area (Å²) in [5.74, 6) is -1.78. The Hall–Kier alpha value is -4.33. The zero-order valence-electron chi connectivity index (χ0n) is 25.6. The third-order valence-corrected chi connectivity index (χ3v) is 8.19. The molecule has 5 rings (SSSR count). The number of benzene rings is 1. The first-order valence-corrected chi connectivity index (χ1v) is 14.9. The van der Waals surface area contributed by atoms with Crippen LogP contribution in [0.2, 0.25) is 5.02 Å². The predicted molar refractivity (Wildman–Crippen MR) is 162 cm³/mol. The van der Waals surface area contributed by atoms with Crippen molar-refractivity contribution >= 4 is 35.2 Å². The number of carbonyl (C=O) groups excluding carboxylic acids is 1. The molecule has 1 saturated heterocycles. The van der Waals surface area contributed by atoms with Crippen LogP contribution >= 0.6 is 11.6 Å². The lowest BCUT2D eigenvalue weighted by Crippen LogP contribution is -2.43. The molecule has 246 valence electrons. The van der Waals surface area contributed by atoms with E-state index in [1.54, 1.807) is 33.8 Å². The summed E-state index contributed by atoms with van der Waals surface area (Å²) in [4.78, 5) is 34.3. The number of aliphatic carboxylic acids is 1. The second-order valence-corrected chi connectivity index (χ2v) is 13.1. The molecule has 0 bridgehead atoms. The first kappa shape index (κ1) is 33.0. The maximum atomic E-state index is 14.5. The van der Waals surface area contributed by atoms with Crippen LogP contribution in [0, 0.1) is 12.3 Å². The number of aryl methyl sites for hydroxylation is 1. The van der Waals surface area contributed by atoms with Gasteiger partial charge in [-0.15, -0.1) is 0 Å². The molecule has 15 heteroatoms. The van der Waals surface area contributed by atoms with Gasteiger partial charge in [-0.1, -0.05) is 23.7 Å². The molecule has 1 amide bonds. The number of carboxylic acid groups (broad SMARTS) is 1. The summed E-state index contributed by atoms with van der Waals surface area (Å²) >= 11 is 6.14. The smallest absolute Gasteiger partial charge is 0.429 e. The lowest BCUT2D eigenvalue weighted by molar-refractivity contribution is -0.198. The molecular weight excluding hydrogens is 629 g/mol. The van der Waals surface area contributed by atoms with Gasteiger partial charge in [0, 0.05) is 29.4 Å². The van der Waals surface area contributed by atoms with Crippen molar-refractivity contribution in [2.24, 2.45) is 5.41 Å². The Labute approximate surface area is 268 Å².